The van der Waals surface area contributed by atoms with Gasteiger partial charge in [-0.1, -0.05) is 23.4 Å². The van der Waals surface area contributed by atoms with Crippen LogP contribution in [0.25, 0.3) is 0 Å². The highest BCUT2D eigenvalue weighted by molar-refractivity contribution is 5.34. The molecule has 0 bridgehead atoms. The summed E-state index contributed by atoms with van der Waals surface area (Å²) in [7, 11) is 1.86. The van der Waals surface area contributed by atoms with E-state index in [0.29, 0.717) is 12.8 Å². The Morgan fingerprint density at radius 1 is 1.27 bits per heavy atom. The van der Waals surface area contributed by atoms with Crippen molar-refractivity contribution in [3.05, 3.63) is 46.8 Å². The van der Waals surface area contributed by atoms with Crippen LogP contribution in [0, 0.1) is 13.8 Å². The van der Waals surface area contributed by atoms with Crippen molar-refractivity contribution < 1.29 is 5.11 Å². The van der Waals surface area contributed by atoms with Crippen LogP contribution in [-0.2, 0) is 12.6 Å². The maximum atomic E-state index is 11.3. The first-order valence-electron chi connectivity index (χ1n) is 7.80. The molecule has 5 nitrogen and oxygen atoms in total. The number of aromatic nitrogens is 3. The van der Waals surface area contributed by atoms with Crippen LogP contribution in [0.2, 0.25) is 0 Å². The summed E-state index contributed by atoms with van der Waals surface area (Å²) in [6.45, 7) is 6.29. The van der Waals surface area contributed by atoms with Gasteiger partial charge in [-0.3, -0.25) is 4.68 Å². The second-order valence-electron chi connectivity index (χ2n) is 6.68. The monoisotopic (exact) mass is 300 g/mol. The molecule has 3 atom stereocenters. The standard InChI is InChI=1S/C17H24N4O/c1-11-5-6-14(7-12(11)2)17(22)8-13(3)18-15(9-17)16-10-21(4)20-19-16/h5-7,10,13,15,18,22H,8-9H2,1-4H3/t13-,15-,17-/m0/s1. The van der Waals surface area contributed by atoms with Crippen LogP contribution in [-0.4, -0.2) is 26.1 Å². The zero-order valence-electron chi connectivity index (χ0n) is 13.7. The van der Waals surface area contributed by atoms with E-state index in [1.54, 1.807) is 4.68 Å². The van der Waals surface area contributed by atoms with E-state index in [1.165, 1.54) is 11.1 Å². The topological polar surface area (TPSA) is 63.0 Å². The number of hydrogen-bond donors (Lipinski definition) is 2. The van der Waals surface area contributed by atoms with Gasteiger partial charge in [0.15, 0.2) is 0 Å². The zero-order valence-corrected chi connectivity index (χ0v) is 13.7. The number of rotatable bonds is 2. The quantitative estimate of drug-likeness (QED) is 0.892. The molecule has 1 saturated heterocycles. The lowest BCUT2D eigenvalue weighted by Gasteiger charge is -2.41. The van der Waals surface area contributed by atoms with Crippen molar-refractivity contribution in [2.24, 2.45) is 7.05 Å². The van der Waals surface area contributed by atoms with Crippen LogP contribution in [0.3, 0.4) is 0 Å². The molecule has 22 heavy (non-hydrogen) atoms. The van der Waals surface area contributed by atoms with E-state index >= 15 is 0 Å². The Bertz CT molecular complexity index is 681. The number of aryl methyl sites for hydroxylation is 3. The first kappa shape index (κ1) is 15.2. The van der Waals surface area contributed by atoms with E-state index in [9.17, 15) is 5.11 Å². The predicted molar refractivity (Wildman–Crippen MR) is 85.4 cm³/mol. The molecule has 2 aromatic rings. The molecule has 3 rings (SSSR count). The van der Waals surface area contributed by atoms with Crippen molar-refractivity contribution in [3.8, 4) is 0 Å². The Morgan fingerprint density at radius 3 is 2.68 bits per heavy atom. The highest BCUT2D eigenvalue weighted by Crippen LogP contribution is 2.39. The fraction of sp³-hybridized carbons (Fsp3) is 0.529. The van der Waals surface area contributed by atoms with Crippen molar-refractivity contribution in [1.29, 1.82) is 0 Å². The normalized spacial score (nSPS) is 28.8. The van der Waals surface area contributed by atoms with Gasteiger partial charge in [-0.05, 0) is 43.9 Å². The summed E-state index contributed by atoms with van der Waals surface area (Å²) in [4.78, 5) is 0. The summed E-state index contributed by atoms with van der Waals surface area (Å²) < 4.78 is 1.70. The fourth-order valence-electron chi connectivity index (χ4n) is 3.37. The summed E-state index contributed by atoms with van der Waals surface area (Å²) >= 11 is 0. The zero-order chi connectivity index (χ0) is 15.9. The SMILES string of the molecule is Cc1ccc([C@@]2(O)C[C@@H](c3cn(C)nn3)N[C@@H](C)C2)cc1C. The van der Waals surface area contributed by atoms with Crippen LogP contribution in [0.1, 0.15) is 48.2 Å². The van der Waals surface area contributed by atoms with E-state index in [2.05, 4.69) is 48.5 Å². The molecule has 1 aromatic heterocycles. The predicted octanol–water partition coefficient (Wildman–Crippen LogP) is 2.13. The average Bonchev–Trinajstić information content (AvgIpc) is 2.87. The lowest BCUT2D eigenvalue weighted by atomic mass is 9.77. The van der Waals surface area contributed by atoms with Gasteiger partial charge in [0.05, 0.1) is 17.3 Å². The molecule has 2 N–H and O–H groups in total. The number of nitrogens with one attached hydrogen (secondary N) is 1. The second-order valence-corrected chi connectivity index (χ2v) is 6.68. The first-order chi connectivity index (χ1) is 10.4. The van der Waals surface area contributed by atoms with Gasteiger partial charge in [0, 0.05) is 25.7 Å². The van der Waals surface area contributed by atoms with Crippen molar-refractivity contribution in [2.75, 3.05) is 0 Å². The number of benzene rings is 1. The van der Waals surface area contributed by atoms with Gasteiger partial charge in [-0.2, -0.15) is 0 Å². The van der Waals surface area contributed by atoms with Crippen molar-refractivity contribution in [3.63, 3.8) is 0 Å². The Labute approximate surface area is 131 Å². The molecule has 118 valence electrons. The molecule has 0 radical (unpaired) electrons. The van der Waals surface area contributed by atoms with Crippen molar-refractivity contribution >= 4 is 0 Å². The highest BCUT2D eigenvalue weighted by Gasteiger charge is 2.40. The van der Waals surface area contributed by atoms with Crippen molar-refractivity contribution in [1.82, 2.24) is 20.3 Å². The molecular weight excluding hydrogens is 276 g/mol. The molecular formula is C17H24N4O. The number of hydrogen-bond acceptors (Lipinski definition) is 4. The van der Waals surface area contributed by atoms with E-state index < -0.39 is 5.60 Å². The van der Waals surface area contributed by atoms with Crippen LogP contribution in [0.5, 0.6) is 0 Å². The molecule has 0 amide bonds. The maximum Gasteiger partial charge on any atom is 0.0997 e. The third-order valence-corrected chi connectivity index (χ3v) is 4.69. The summed E-state index contributed by atoms with van der Waals surface area (Å²) in [6.07, 6.45) is 3.22. The third kappa shape index (κ3) is 2.78. The Kier molecular flexibility index (Phi) is 3.78. The Hall–Kier alpha value is -1.72. The summed E-state index contributed by atoms with van der Waals surface area (Å²) in [5, 5.41) is 23.0. The fourth-order valence-corrected chi connectivity index (χ4v) is 3.37. The number of nitrogens with zero attached hydrogens (tertiary/aromatic N) is 3. The van der Waals surface area contributed by atoms with Gasteiger partial charge < -0.3 is 10.4 Å². The van der Waals surface area contributed by atoms with E-state index in [-0.39, 0.29) is 12.1 Å². The molecule has 5 heteroatoms. The lowest BCUT2D eigenvalue weighted by Crippen LogP contribution is -2.47. The van der Waals surface area contributed by atoms with Crippen molar-refractivity contribution in [2.45, 2.75) is 51.3 Å². The number of aliphatic hydroxyl groups is 1. The third-order valence-electron chi connectivity index (χ3n) is 4.69. The molecule has 1 aliphatic heterocycles. The molecule has 0 saturated carbocycles. The minimum atomic E-state index is -0.828. The molecule has 0 unspecified atom stereocenters. The maximum absolute atomic E-state index is 11.3. The van der Waals surface area contributed by atoms with Gasteiger partial charge in [-0.15, -0.1) is 5.10 Å². The van der Waals surface area contributed by atoms with Crippen LogP contribution in [0.15, 0.2) is 24.4 Å². The molecule has 0 spiro atoms. The lowest BCUT2D eigenvalue weighted by molar-refractivity contribution is -0.0236. The van der Waals surface area contributed by atoms with Crippen LogP contribution < -0.4 is 5.32 Å². The molecule has 1 aromatic carbocycles. The molecule has 1 aliphatic rings. The summed E-state index contributed by atoms with van der Waals surface area (Å²) in [5.41, 5.74) is 3.52. The van der Waals surface area contributed by atoms with E-state index in [4.69, 9.17) is 0 Å². The largest absolute Gasteiger partial charge is 0.385 e. The molecule has 1 fully saturated rings. The Balaban J connectivity index is 1.93. The highest BCUT2D eigenvalue weighted by atomic mass is 16.3. The van der Waals surface area contributed by atoms with Gasteiger partial charge >= 0.3 is 0 Å². The minimum Gasteiger partial charge on any atom is -0.385 e. The van der Waals surface area contributed by atoms with E-state index in [0.717, 1.165) is 11.3 Å². The minimum absolute atomic E-state index is 0.0176. The van der Waals surface area contributed by atoms with E-state index in [1.807, 2.05) is 19.3 Å². The second kappa shape index (κ2) is 5.48. The average molecular weight is 300 g/mol. The molecule has 0 aliphatic carbocycles. The molecule has 2 heterocycles. The van der Waals surface area contributed by atoms with Crippen LogP contribution >= 0.6 is 0 Å². The smallest absolute Gasteiger partial charge is 0.0997 e. The van der Waals surface area contributed by atoms with Gasteiger partial charge in [-0.25, -0.2) is 0 Å². The number of piperidine rings is 1. The Morgan fingerprint density at radius 2 is 2.05 bits per heavy atom. The van der Waals surface area contributed by atoms with Gasteiger partial charge in [0.1, 0.15) is 0 Å². The summed E-state index contributed by atoms with van der Waals surface area (Å²) in [5.74, 6) is 0. The summed E-state index contributed by atoms with van der Waals surface area (Å²) in [6, 6.07) is 6.48. The first-order valence-corrected chi connectivity index (χ1v) is 7.80. The van der Waals surface area contributed by atoms with Crippen LogP contribution in [0.4, 0.5) is 0 Å². The van der Waals surface area contributed by atoms with Gasteiger partial charge in [0.25, 0.3) is 0 Å². The van der Waals surface area contributed by atoms with Gasteiger partial charge in [0.2, 0.25) is 0 Å².